The Labute approximate surface area is 158 Å². The fourth-order valence-electron chi connectivity index (χ4n) is 1.71. The van der Waals surface area contributed by atoms with Crippen molar-refractivity contribution in [3.63, 3.8) is 0 Å². The van der Waals surface area contributed by atoms with Crippen molar-refractivity contribution < 1.29 is 13.5 Å². The molecule has 0 bridgehead atoms. The van der Waals surface area contributed by atoms with Crippen molar-refractivity contribution in [3.05, 3.63) is 28.8 Å². The van der Waals surface area contributed by atoms with Crippen LogP contribution in [0.15, 0.2) is 23.2 Å². The maximum Gasteiger partial charge on any atom is 0.387 e. The monoisotopic (exact) mass is 461 g/mol. The number of halogens is 4. The van der Waals surface area contributed by atoms with Crippen molar-refractivity contribution in [2.45, 2.75) is 46.4 Å². The van der Waals surface area contributed by atoms with Gasteiger partial charge in [0.1, 0.15) is 5.75 Å². The maximum absolute atomic E-state index is 12.4. The molecule has 0 atom stereocenters. The summed E-state index contributed by atoms with van der Waals surface area (Å²) in [5, 5.41) is 6.77. The highest BCUT2D eigenvalue weighted by Crippen LogP contribution is 2.25. The second-order valence-electron chi connectivity index (χ2n) is 5.70. The first-order valence-electron chi connectivity index (χ1n) is 7.01. The average molecular weight is 462 g/mol. The number of alkyl halides is 2. The molecule has 0 amide bonds. The van der Waals surface area contributed by atoms with Gasteiger partial charge in [-0.25, -0.2) is 4.99 Å². The SMILES string of the molecule is CCNC(=NCc1cc(Cl)ccc1OC(F)F)NC(C)(C)C.I. The number of ether oxygens (including phenoxy) is 1. The highest BCUT2D eigenvalue weighted by molar-refractivity contribution is 14.0. The van der Waals surface area contributed by atoms with Gasteiger partial charge in [-0.05, 0) is 45.9 Å². The molecule has 23 heavy (non-hydrogen) atoms. The van der Waals surface area contributed by atoms with Crippen molar-refractivity contribution in [2.75, 3.05) is 6.54 Å². The minimum absolute atomic E-state index is 0. The van der Waals surface area contributed by atoms with Gasteiger partial charge in [-0.2, -0.15) is 8.78 Å². The molecule has 4 nitrogen and oxygen atoms in total. The first-order chi connectivity index (χ1) is 10.2. The molecule has 8 heteroatoms. The predicted molar refractivity (Wildman–Crippen MR) is 101 cm³/mol. The zero-order valence-electron chi connectivity index (χ0n) is 13.6. The number of nitrogens with one attached hydrogen (secondary N) is 2. The molecule has 0 saturated carbocycles. The Morgan fingerprint density at radius 3 is 2.52 bits per heavy atom. The molecule has 0 heterocycles. The van der Waals surface area contributed by atoms with E-state index in [1.165, 1.54) is 12.1 Å². The highest BCUT2D eigenvalue weighted by atomic mass is 127. The smallest absolute Gasteiger partial charge is 0.387 e. The van der Waals surface area contributed by atoms with Gasteiger partial charge in [-0.15, -0.1) is 24.0 Å². The topological polar surface area (TPSA) is 45.7 Å². The molecule has 0 radical (unpaired) electrons. The van der Waals surface area contributed by atoms with Crippen LogP contribution in [0.25, 0.3) is 0 Å². The van der Waals surface area contributed by atoms with Gasteiger partial charge in [0.15, 0.2) is 5.96 Å². The quantitative estimate of drug-likeness (QED) is 0.388. The molecule has 1 aromatic carbocycles. The number of hydrogen-bond donors (Lipinski definition) is 2. The number of nitrogens with zero attached hydrogens (tertiary/aromatic N) is 1. The summed E-state index contributed by atoms with van der Waals surface area (Å²) in [5.74, 6) is 0.674. The molecule has 1 rings (SSSR count). The van der Waals surface area contributed by atoms with Crippen molar-refractivity contribution >= 4 is 41.5 Å². The Kier molecular flexibility index (Phi) is 9.76. The van der Waals surface area contributed by atoms with Gasteiger partial charge >= 0.3 is 6.61 Å². The largest absolute Gasteiger partial charge is 0.434 e. The average Bonchev–Trinajstić information content (AvgIpc) is 2.37. The van der Waals surface area contributed by atoms with Crippen LogP contribution in [0, 0.1) is 0 Å². The second kappa shape index (κ2) is 10.1. The van der Waals surface area contributed by atoms with Crippen molar-refractivity contribution in [3.8, 4) is 5.75 Å². The molecule has 132 valence electrons. The summed E-state index contributed by atoms with van der Waals surface area (Å²) in [7, 11) is 0. The van der Waals surface area contributed by atoms with Crippen molar-refractivity contribution in [2.24, 2.45) is 4.99 Å². The number of rotatable bonds is 5. The minimum Gasteiger partial charge on any atom is -0.434 e. The van der Waals surface area contributed by atoms with Gasteiger partial charge in [0.25, 0.3) is 0 Å². The Morgan fingerprint density at radius 1 is 1.35 bits per heavy atom. The van der Waals surface area contributed by atoms with Crippen LogP contribution in [-0.2, 0) is 6.54 Å². The van der Waals surface area contributed by atoms with E-state index >= 15 is 0 Å². The summed E-state index contributed by atoms with van der Waals surface area (Å²) < 4.78 is 29.3. The first kappa shape index (κ1) is 22.2. The standard InChI is InChI=1S/C15H22ClF2N3O.HI/c1-5-19-14(21-15(2,3)4)20-9-10-8-11(16)6-7-12(10)22-13(17)18;/h6-8,13H,5,9H2,1-4H3,(H2,19,20,21);1H. The van der Waals surface area contributed by atoms with Gasteiger partial charge in [0, 0.05) is 22.7 Å². The van der Waals surface area contributed by atoms with E-state index in [4.69, 9.17) is 11.6 Å². The molecule has 1 aromatic rings. The molecule has 2 N–H and O–H groups in total. The van der Waals surface area contributed by atoms with E-state index in [0.29, 0.717) is 23.1 Å². The third-order valence-electron chi connectivity index (χ3n) is 2.48. The van der Waals surface area contributed by atoms with Crippen LogP contribution in [0.2, 0.25) is 5.02 Å². The van der Waals surface area contributed by atoms with Gasteiger partial charge in [0.05, 0.1) is 6.54 Å². The van der Waals surface area contributed by atoms with E-state index in [2.05, 4.69) is 20.4 Å². The van der Waals surface area contributed by atoms with Crippen molar-refractivity contribution in [1.82, 2.24) is 10.6 Å². The van der Waals surface area contributed by atoms with Crippen LogP contribution in [-0.4, -0.2) is 24.7 Å². The normalized spacial score (nSPS) is 11.9. The molecule has 0 aliphatic carbocycles. The summed E-state index contributed by atoms with van der Waals surface area (Å²) >= 11 is 5.91. The number of hydrogen-bond acceptors (Lipinski definition) is 2. The third-order valence-corrected chi connectivity index (χ3v) is 2.72. The summed E-state index contributed by atoms with van der Waals surface area (Å²) in [4.78, 5) is 4.39. The molecule has 0 unspecified atom stereocenters. The van der Waals surface area contributed by atoms with E-state index in [9.17, 15) is 8.78 Å². The summed E-state index contributed by atoms with van der Waals surface area (Å²) in [5.41, 5.74) is 0.330. The molecule has 0 saturated heterocycles. The maximum atomic E-state index is 12.4. The molecule has 0 spiro atoms. The summed E-state index contributed by atoms with van der Waals surface area (Å²) in [6.45, 7) is 5.95. The van der Waals surface area contributed by atoms with Crippen LogP contribution >= 0.6 is 35.6 Å². The summed E-state index contributed by atoms with van der Waals surface area (Å²) in [6, 6.07) is 4.50. The predicted octanol–water partition coefficient (Wildman–Crippen LogP) is 4.41. The lowest BCUT2D eigenvalue weighted by Crippen LogP contribution is -2.47. The van der Waals surface area contributed by atoms with E-state index in [-0.39, 0.29) is 41.8 Å². The lowest BCUT2D eigenvalue weighted by atomic mass is 10.1. The Balaban J connectivity index is 0.00000484. The minimum atomic E-state index is -2.88. The van der Waals surface area contributed by atoms with E-state index in [0.717, 1.165) is 0 Å². The molecule has 0 aromatic heterocycles. The first-order valence-corrected chi connectivity index (χ1v) is 7.39. The van der Waals surface area contributed by atoms with Crippen LogP contribution in [0.3, 0.4) is 0 Å². The zero-order chi connectivity index (χ0) is 16.8. The molecular formula is C15H23ClF2IN3O. The Hall–Kier alpha value is -0.830. The molecule has 0 aliphatic heterocycles. The van der Waals surface area contributed by atoms with E-state index in [1.807, 2.05) is 27.7 Å². The number of guanidine groups is 1. The third kappa shape index (κ3) is 9.14. The fourth-order valence-corrected chi connectivity index (χ4v) is 1.90. The molecule has 0 aliphatic rings. The van der Waals surface area contributed by atoms with Gasteiger partial charge in [-0.1, -0.05) is 11.6 Å². The molecule has 0 fully saturated rings. The second-order valence-corrected chi connectivity index (χ2v) is 6.14. The fraction of sp³-hybridized carbons (Fsp3) is 0.533. The van der Waals surface area contributed by atoms with Crippen LogP contribution in [0.4, 0.5) is 8.78 Å². The Bertz CT molecular complexity index is 522. The number of benzene rings is 1. The van der Waals surface area contributed by atoms with Gasteiger partial charge in [0.2, 0.25) is 0 Å². The highest BCUT2D eigenvalue weighted by Gasteiger charge is 2.13. The van der Waals surface area contributed by atoms with E-state index < -0.39 is 6.61 Å². The van der Waals surface area contributed by atoms with Crippen LogP contribution in [0.1, 0.15) is 33.3 Å². The van der Waals surface area contributed by atoms with Crippen molar-refractivity contribution in [1.29, 1.82) is 0 Å². The van der Waals surface area contributed by atoms with Crippen LogP contribution < -0.4 is 15.4 Å². The van der Waals surface area contributed by atoms with Gasteiger partial charge < -0.3 is 15.4 Å². The Morgan fingerprint density at radius 2 is 2.00 bits per heavy atom. The zero-order valence-corrected chi connectivity index (χ0v) is 16.7. The number of aliphatic imine (C=N–C) groups is 1. The molecular weight excluding hydrogens is 439 g/mol. The van der Waals surface area contributed by atoms with Crippen LogP contribution in [0.5, 0.6) is 5.75 Å². The van der Waals surface area contributed by atoms with E-state index in [1.54, 1.807) is 6.07 Å². The lowest BCUT2D eigenvalue weighted by Gasteiger charge is -2.23. The van der Waals surface area contributed by atoms with Gasteiger partial charge in [-0.3, -0.25) is 0 Å². The lowest BCUT2D eigenvalue weighted by molar-refractivity contribution is -0.0504. The summed E-state index contributed by atoms with van der Waals surface area (Å²) in [6.07, 6.45) is 0.